The van der Waals surface area contributed by atoms with Gasteiger partial charge in [0.05, 0.1) is 18.3 Å². The van der Waals surface area contributed by atoms with E-state index in [1.807, 2.05) is 13.8 Å². The monoisotopic (exact) mass is 334 g/mol. The van der Waals surface area contributed by atoms with Gasteiger partial charge in [0.15, 0.2) is 0 Å². The largest absolute Gasteiger partial charge is 0.495 e. The molecule has 1 heterocycles. The highest BCUT2D eigenvalue weighted by molar-refractivity contribution is 6.00. The number of hydrogen-bond acceptors (Lipinski definition) is 4. The van der Waals surface area contributed by atoms with Gasteiger partial charge in [-0.1, -0.05) is 13.8 Å². The summed E-state index contributed by atoms with van der Waals surface area (Å²) >= 11 is 0. The molecule has 3 amide bonds. The molecule has 1 aliphatic rings. The standard InChI is InChI=1S/C17H26N4O3/c1-4-17(5-2,11-18)20-15(22)12-6-7-14(24-3)13(10-12)21-9-8-19-16(21)23/h6-7,10H,4-5,8-9,11,18H2,1-3H3,(H,19,23)(H,20,22). The van der Waals surface area contributed by atoms with Crippen LogP contribution < -0.4 is 26.0 Å². The Kier molecular flexibility index (Phi) is 5.66. The molecule has 0 aromatic heterocycles. The fourth-order valence-corrected chi connectivity index (χ4v) is 2.82. The molecule has 0 radical (unpaired) electrons. The molecule has 1 saturated heterocycles. The van der Waals surface area contributed by atoms with Crippen molar-refractivity contribution in [1.29, 1.82) is 0 Å². The number of carbonyl (C=O) groups excluding carboxylic acids is 2. The number of anilines is 1. The van der Waals surface area contributed by atoms with Crippen LogP contribution in [0.25, 0.3) is 0 Å². The van der Waals surface area contributed by atoms with Gasteiger partial charge < -0.3 is 21.1 Å². The molecule has 0 spiro atoms. The predicted octanol–water partition coefficient (Wildman–Crippen LogP) is 1.47. The molecule has 7 nitrogen and oxygen atoms in total. The van der Waals surface area contributed by atoms with E-state index < -0.39 is 5.54 Å². The first kappa shape index (κ1) is 18.1. The first-order valence-electron chi connectivity index (χ1n) is 8.26. The number of nitrogens with zero attached hydrogens (tertiary/aromatic N) is 1. The SMILES string of the molecule is CCC(CC)(CN)NC(=O)c1ccc(OC)c(N2CCNC2=O)c1. The van der Waals surface area contributed by atoms with Gasteiger partial charge in [0.2, 0.25) is 0 Å². The van der Waals surface area contributed by atoms with Gasteiger partial charge in [-0.25, -0.2) is 4.79 Å². The minimum Gasteiger partial charge on any atom is -0.495 e. The zero-order chi connectivity index (χ0) is 17.7. The molecule has 0 saturated carbocycles. The molecule has 0 unspecified atom stereocenters. The van der Waals surface area contributed by atoms with Crippen molar-refractivity contribution in [1.82, 2.24) is 10.6 Å². The Hall–Kier alpha value is -2.28. The third kappa shape index (κ3) is 3.46. The number of ether oxygens (including phenoxy) is 1. The third-order valence-electron chi connectivity index (χ3n) is 4.71. The molecule has 0 atom stereocenters. The molecular weight excluding hydrogens is 308 g/mol. The second-order valence-corrected chi connectivity index (χ2v) is 5.92. The number of nitrogens with two attached hydrogens (primary N) is 1. The summed E-state index contributed by atoms with van der Waals surface area (Å²) < 4.78 is 5.33. The van der Waals surface area contributed by atoms with E-state index in [0.717, 1.165) is 12.8 Å². The van der Waals surface area contributed by atoms with Crippen LogP contribution in [0.2, 0.25) is 0 Å². The number of carbonyl (C=O) groups is 2. The molecule has 1 fully saturated rings. The third-order valence-corrected chi connectivity index (χ3v) is 4.71. The van der Waals surface area contributed by atoms with Crippen molar-refractivity contribution < 1.29 is 14.3 Å². The Morgan fingerprint density at radius 3 is 2.62 bits per heavy atom. The van der Waals surface area contributed by atoms with Crippen molar-refractivity contribution in [2.45, 2.75) is 32.2 Å². The van der Waals surface area contributed by atoms with Crippen LogP contribution in [-0.4, -0.2) is 44.2 Å². The fourth-order valence-electron chi connectivity index (χ4n) is 2.82. The summed E-state index contributed by atoms with van der Waals surface area (Å²) in [6, 6.07) is 4.89. The van der Waals surface area contributed by atoms with Crippen LogP contribution in [0.4, 0.5) is 10.5 Å². The molecule has 7 heteroatoms. The zero-order valence-electron chi connectivity index (χ0n) is 14.5. The number of rotatable bonds is 7. The lowest BCUT2D eigenvalue weighted by Gasteiger charge is -2.31. The Labute approximate surface area is 142 Å². The molecule has 132 valence electrons. The van der Waals surface area contributed by atoms with E-state index in [1.165, 1.54) is 0 Å². The molecule has 1 aromatic carbocycles. The van der Waals surface area contributed by atoms with Crippen LogP contribution in [0.3, 0.4) is 0 Å². The van der Waals surface area contributed by atoms with E-state index in [-0.39, 0.29) is 11.9 Å². The maximum Gasteiger partial charge on any atom is 0.322 e. The zero-order valence-corrected chi connectivity index (χ0v) is 14.5. The number of hydrogen-bond donors (Lipinski definition) is 3. The van der Waals surface area contributed by atoms with Gasteiger partial charge >= 0.3 is 6.03 Å². The Morgan fingerprint density at radius 1 is 1.42 bits per heavy atom. The van der Waals surface area contributed by atoms with Gasteiger partial charge in [0.25, 0.3) is 5.91 Å². The highest BCUT2D eigenvalue weighted by Crippen LogP contribution is 2.30. The van der Waals surface area contributed by atoms with Crippen LogP contribution in [0.15, 0.2) is 18.2 Å². The van der Waals surface area contributed by atoms with Crippen molar-refractivity contribution >= 4 is 17.6 Å². The van der Waals surface area contributed by atoms with E-state index in [2.05, 4.69) is 10.6 Å². The van der Waals surface area contributed by atoms with Crippen molar-refractivity contribution in [3.05, 3.63) is 23.8 Å². The normalized spacial score (nSPS) is 14.5. The topological polar surface area (TPSA) is 96.7 Å². The van der Waals surface area contributed by atoms with Gasteiger partial charge in [0, 0.05) is 25.2 Å². The van der Waals surface area contributed by atoms with Gasteiger partial charge in [-0.3, -0.25) is 9.69 Å². The quantitative estimate of drug-likeness (QED) is 0.703. The van der Waals surface area contributed by atoms with Crippen LogP contribution in [0, 0.1) is 0 Å². The van der Waals surface area contributed by atoms with Crippen molar-refractivity contribution in [3.8, 4) is 5.75 Å². The minimum atomic E-state index is -0.414. The summed E-state index contributed by atoms with van der Waals surface area (Å²) in [6.07, 6.45) is 1.51. The van der Waals surface area contributed by atoms with E-state index in [9.17, 15) is 9.59 Å². The number of methoxy groups -OCH3 is 1. The van der Waals surface area contributed by atoms with Crippen molar-refractivity contribution in [2.24, 2.45) is 5.73 Å². The Balaban J connectivity index is 2.31. The van der Waals surface area contributed by atoms with Crippen molar-refractivity contribution in [3.63, 3.8) is 0 Å². The molecule has 24 heavy (non-hydrogen) atoms. The lowest BCUT2D eigenvalue weighted by molar-refractivity contribution is 0.0895. The average molecular weight is 334 g/mol. The summed E-state index contributed by atoms with van der Waals surface area (Å²) in [5, 5.41) is 5.79. The second-order valence-electron chi connectivity index (χ2n) is 5.92. The maximum atomic E-state index is 12.7. The second kappa shape index (κ2) is 7.53. The van der Waals surface area contributed by atoms with Gasteiger partial charge in [-0.05, 0) is 31.0 Å². The lowest BCUT2D eigenvalue weighted by Crippen LogP contribution is -2.52. The van der Waals surface area contributed by atoms with Crippen LogP contribution >= 0.6 is 0 Å². The first-order chi connectivity index (χ1) is 11.5. The van der Waals surface area contributed by atoms with Gasteiger partial charge in [0.1, 0.15) is 5.75 Å². The molecule has 1 aliphatic heterocycles. The van der Waals surface area contributed by atoms with Crippen LogP contribution in [0.5, 0.6) is 5.75 Å². The summed E-state index contributed by atoms with van der Waals surface area (Å²) in [7, 11) is 1.54. The minimum absolute atomic E-state index is 0.190. The highest BCUT2D eigenvalue weighted by atomic mass is 16.5. The molecule has 1 aromatic rings. The van der Waals surface area contributed by atoms with Crippen LogP contribution in [0.1, 0.15) is 37.0 Å². The smallest absolute Gasteiger partial charge is 0.322 e. The summed E-state index contributed by atoms with van der Waals surface area (Å²) in [5.74, 6) is 0.354. The molecular formula is C17H26N4O3. The van der Waals surface area contributed by atoms with Crippen LogP contribution in [-0.2, 0) is 0 Å². The Morgan fingerprint density at radius 2 is 2.12 bits per heavy atom. The van der Waals surface area contributed by atoms with E-state index >= 15 is 0 Å². The average Bonchev–Trinajstić information content (AvgIpc) is 3.05. The number of nitrogens with one attached hydrogen (secondary N) is 2. The summed E-state index contributed by atoms with van der Waals surface area (Å²) in [5.41, 5.74) is 6.50. The van der Waals surface area contributed by atoms with Gasteiger partial charge in [-0.2, -0.15) is 0 Å². The molecule has 2 rings (SSSR count). The van der Waals surface area contributed by atoms with E-state index in [1.54, 1.807) is 30.2 Å². The summed E-state index contributed by atoms with van der Waals surface area (Å²) in [6.45, 7) is 5.50. The lowest BCUT2D eigenvalue weighted by atomic mass is 9.92. The first-order valence-corrected chi connectivity index (χ1v) is 8.26. The molecule has 0 aliphatic carbocycles. The van der Waals surface area contributed by atoms with E-state index in [4.69, 9.17) is 10.5 Å². The molecule has 0 bridgehead atoms. The Bertz CT molecular complexity index is 606. The highest BCUT2D eigenvalue weighted by Gasteiger charge is 2.29. The fraction of sp³-hybridized carbons (Fsp3) is 0.529. The molecule has 4 N–H and O–H groups in total. The van der Waals surface area contributed by atoms with E-state index in [0.29, 0.717) is 36.6 Å². The number of amides is 3. The van der Waals surface area contributed by atoms with Crippen molar-refractivity contribution in [2.75, 3.05) is 31.6 Å². The maximum absolute atomic E-state index is 12.7. The predicted molar refractivity (Wildman–Crippen MR) is 93.6 cm³/mol. The number of benzene rings is 1. The number of urea groups is 1. The van der Waals surface area contributed by atoms with Gasteiger partial charge in [-0.15, -0.1) is 0 Å². The summed E-state index contributed by atoms with van der Waals surface area (Å²) in [4.78, 5) is 26.2.